The van der Waals surface area contributed by atoms with E-state index in [0.717, 1.165) is 0 Å². The molecular weight excluding hydrogens is 133 g/mol. The fourth-order valence-corrected chi connectivity index (χ4v) is 0.563. The lowest BCUT2D eigenvalue weighted by Crippen LogP contribution is -2.28. The zero-order chi connectivity index (χ0) is 6.57. The third kappa shape index (κ3) is 3.89. The van der Waals surface area contributed by atoms with Crippen LogP contribution in [0.2, 0.25) is 0 Å². The molecule has 0 saturated carbocycles. The van der Waals surface area contributed by atoms with Gasteiger partial charge in [0.05, 0.1) is 0 Å². The molecule has 0 bridgehead atoms. The van der Waals surface area contributed by atoms with Crippen molar-refractivity contribution in [3.63, 3.8) is 0 Å². The molecule has 1 amide bonds. The summed E-state index contributed by atoms with van der Waals surface area (Å²) in [5.74, 6) is -0.485. The average molecular weight is 139 g/mol. The van der Waals surface area contributed by atoms with E-state index in [1.165, 1.54) is 6.92 Å². The third-order valence-corrected chi connectivity index (χ3v) is 1.07. The third-order valence-electron chi connectivity index (χ3n) is 0.357. The second-order valence-corrected chi connectivity index (χ2v) is 2.23. The number of hydrogen-bond acceptors (Lipinski definition) is 2. The Morgan fingerprint density at radius 3 is 2.62 bits per heavy atom. The molecule has 0 aliphatic rings. The Morgan fingerprint density at radius 1 is 2.00 bits per heavy atom. The second-order valence-electron chi connectivity index (χ2n) is 1.11. The molecule has 0 aliphatic heterocycles. The van der Waals surface area contributed by atoms with Crippen LogP contribution in [-0.4, -0.2) is 16.5 Å². The summed E-state index contributed by atoms with van der Waals surface area (Å²) in [5, 5.41) is 0. The monoisotopic (exact) mass is 139 g/mol. The Bertz CT molecular complexity index is 89.4. The van der Waals surface area contributed by atoms with E-state index in [9.17, 15) is 13.7 Å². The second kappa shape index (κ2) is 3.68. The number of carbonyl (C=O) groups excluding carboxylic acids is 1. The molecule has 0 heterocycles. The molecular formula is C3H6FNO2S. The van der Waals surface area contributed by atoms with Crippen molar-refractivity contribution in [1.29, 1.82) is 0 Å². The highest BCUT2D eigenvalue weighted by molar-refractivity contribution is 7.89. The predicted octanol–water partition coefficient (Wildman–Crippen LogP) is -0.287. The van der Waals surface area contributed by atoms with E-state index >= 15 is 0 Å². The molecule has 0 saturated heterocycles. The molecule has 0 rings (SSSR count). The van der Waals surface area contributed by atoms with Crippen molar-refractivity contribution in [2.75, 3.05) is 6.01 Å². The Kier molecular flexibility index (Phi) is 3.55. The molecule has 0 aromatic carbocycles. The zero-order valence-electron chi connectivity index (χ0n) is 4.31. The van der Waals surface area contributed by atoms with Gasteiger partial charge in [-0.1, -0.05) is 0 Å². The molecule has 0 aliphatic carbocycles. The van der Waals surface area contributed by atoms with E-state index in [0.29, 0.717) is 0 Å². The molecule has 3 nitrogen and oxygen atoms in total. The van der Waals surface area contributed by atoms with Crippen molar-refractivity contribution in [2.24, 2.45) is 0 Å². The van der Waals surface area contributed by atoms with Gasteiger partial charge in [0.2, 0.25) is 0 Å². The molecule has 0 radical (unpaired) electrons. The van der Waals surface area contributed by atoms with Gasteiger partial charge in [-0.15, -0.1) is 0 Å². The lowest BCUT2D eigenvalue weighted by atomic mass is 10.8. The maximum atomic E-state index is 11.2. The van der Waals surface area contributed by atoms with Gasteiger partial charge in [0.1, 0.15) is 11.4 Å². The summed E-state index contributed by atoms with van der Waals surface area (Å²) in [6.45, 7) is 1.17. The van der Waals surface area contributed by atoms with Gasteiger partial charge in [0.25, 0.3) is 11.9 Å². The van der Waals surface area contributed by atoms with Crippen molar-refractivity contribution in [3.05, 3.63) is 0 Å². The number of carbonyl (C=O) groups is 1. The predicted molar refractivity (Wildman–Crippen MR) is 27.9 cm³/mol. The molecule has 5 heteroatoms. The number of amides is 1. The SMILES string of the molecule is CC(=O)N[S+]([O-])CF. The average Bonchev–Trinajstić information content (AvgIpc) is 1.65. The molecule has 1 N–H and O–H groups in total. The number of nitrogens with one attached hydrogen (secondary N) is 1. The van der Waals surface area contributed by atoms with Crippen molar-refractivity contribution < 1.29 is 13.7 Å². The fourth-order valence-electron chi connectivity index (χ4n) is 0.188. The van der Waals surface area contributed by atoms with Gasteiger partial charge < -0.3 is 4.55 Å². The van der Waals surface area contributed by atoms with E-state index in [4.69, 9.17) is 0 Å². The normalized spacial score (nSPS) is 12.9. The van der Waals surface area contributed by atoms with Crippen LogP contribution in [0.1, 0.15) is 6.92 Å². The maximum absolute atomic E-state index is 11.2. The number of alkyl halides is 1. The largest absolute Gasteiger partial charge is 0.591 e. The summed E-state index contributed by atoms with van der Waals surface area (Å²) in [4.78, 5) is 9.94. The van der Waals surface area contributed by atoms with Crippen LogP contribution in [-0.2, 0) is 16.2 Å². The van der Waals surface area contributed by atoms with E-state index in [2.05, 4.69) is 0 Å². The van der Waals surface area contributed by atoms with Gasteiger partial charge in [-0.3, -0.25) is 4.79 Å². The van der Waals surface area contributed by atoms with E-state index < -0.39 is 23.3 Å². The number of hydrogen-bond donors (Lipinski definition) is 1. The van der Waals surface area contributed by atoms with Crippen LogP contribution >= 0.6 is 0 Å². The molecule has 48 valence electrons. The van der Waals surface area contributed by atoms with Gasteiger partial charge in [-0.05, 0) is 0 Å². The number of halogens is 1. The lowest BCUT2D eigenvalue weighted by Gasteiger charge is -2.02. The van der Waals surface area contributed by atoms with E-state index in [-0.39, 0.29) is 0 Å². The number of rotatable bonds is 2. The summed E-state index contributed by atoms with van der Waals surface area (Å²) >= 11 is -1.82. The smallest absolute Gasteiger partial charge is 0.267 e. The van der Waals surface area contributed by atoms with Gasteiger partial charge in [-0.2, -0.15) is 9.11 Å². The minimum Gasteiger partial charge on any atom is -0.591 e. The van der Waals surface area contributed by atoms with Crippen LogP contribution in [0.4, 0.5) is 4.39 Å². The molecule has 8 heavy (non-hydrogen) atoms. The quantitative estimate of drug-likeness (QED) is 0.534. The zero-order valence-corrected chi connectivity index (χ0v) is 5.13. The highest BCUT2D eigenvalue weighted by Crippen LogP contribution is 1.82. The summed E-state index contributed by atoms with van der Waals surface area (Å²) in [5.41, 5.74) is 0. The van der Waals surface area contributed by atoms with Crippen molar-refractivity contribution in [2.45, 2.75) is 6.92 Å². The summed E-state index contributed by atoms with van der Waals surface area (Å²) in [6.07, 6.45) is 0. The molecule has 0 spiro atoms. The Hall–Kier alpha value is -0.290. The van der Waals surface area contributed by atoms with Crippen LogP contribution in [0.5, 0.6) is 0 Å². The minimum absolute atomic E-state index is 0.485. The van der Waals surface area contributed by atoms with Crippen LogP contribution in [0.25, 0.3) is 0 Å². The van der Waals surface area contributed by atoms with E-state index in [1.807, 2.05) is 4.72 Å². The molecule has 1 unspecified atom stereocenters. The molecule has 0 aromatic rings. The molecule has 1 atom stereocenters. The van der Waals surface area contributed by atoms with Gasteiger partial charge in [0, 0.05) is 6.92 Å². The van der Waals surface area contributed by atoms with Gasteiger partial charge in [0.15, 0.2) is 0 Å². The summed E-state index contributed by atoms with van der Waals surface area (Å²) in [7, 11) is 0. The van der Waals surface area contributed by atoms with Crippen LogP contribution in [0.3, 0.4) is 0 Å². The van der Waals surface area contributed by atoms with Crippen molar-refractivity contribution in [1.82, 2.24) is 4.72 Å². The summed E-state index contributed by atoms with van der Waals surface area (Å²) in [6, 6.07) is -1.03. The fraction of sp³-hybridized carbons (Fsp3) is 0.667. The van der Waals surface area contributed by atoms with Crippen LogP contribution in [0, 0.1) is 0 Å². The van der Waals surface area contributed by atoms with Crippen LogP contribution < -0.4 is 4.72 Å². The van der Waals surface area contributed by atoms with Crippen molar-refractivity contribution in [3.8, 4) is 0 Å². The maximum Gasteiger partial charge on any atom is 0.267 e. The Morgan fingerprint density at radius 2 is 2.50 bits per heavy atom. The minimum atomic E-state index is -1.82. The first-order chi connectivity index (χ1) is 3.66. The topological polar surface area (TPSA) is 52.2 Å². The van der Waals surface area contributed by atoms with Crippen LogP contribution in [0.15, 0.2) is 0 Å². The molecule has 0 aromatic heterocycles. The molecule has 0 fully saturated rings. The first-order valence-corrected chi connectivity index (χ1v) is 3.20. The first kappa shape index (κ1) is 7.71. The van der Waals surface area contributed by atoms with E-state index in [1.54, 1.807) is 0 Å². The van der Waals surface area contributed by atoms with Crippen molar-refractivity contribution >= 4 is 17.3 Å². The highest BCUT2D eigenvalue weighted by atomic mass is 32.2. The summed E-state index contributed by atoms with van der Waals surface area (Å²) < 4.78 is 23.1. The Labute approximate surface area is 49.6 Å². The highest BCUT2D eigenvalue weighted by Gasteiger charge is 2.04. The lowest BCUT2D eigenvalue weighted by molar-refractivity contribution is -0.117. The van der Waals surface area contributed by atoms with Gasteiger partial charge in [-0.25, -0.2) is 0 Å². The van der Waals surface area contributed by atoms with Gasteiger partial charge >= 0.3 is 0 Å². The first-order valence-electron chi connectivity index (χ1n) is 1.88. The Balaban J connectivity index is 3.24. The standard InChI is InChI=1S/C3H6FNO2S/c1-3(6)5-8(7)2-4/h2H2,1H3,(H,5,6).